The average molecular weight is 249 g/mol. The van der Waals surface area contributed by atoms with Gasteiger partial charge in [-0.3, -0.25) is 0 Å². The smallest absolute Gasteiger partial charge is 0.250 e. The predicted octanol–water partition coefficient (Wildman–Crippen LogP) is 2.38. The van der Waals surface area contributed by atoms with Crippen LogP contribution in [0.4, 0.5) is 0 Å². The van der Waals surface area contributed by atoms with Gasteiger partial charge in [0.15, 0.2) is 5.82 Å². The molecule has 1 aromatic heterocycles. The van der Waals surface area contributed by atoms with Gasteiger partial charge in [0.25, 0.3) is 0 Å². The van der Waals surface area contributed by atoms with Crippen LogP contribution in [0.2, 0.25) is 0 Å². The Labute approximate surface area is 89.6 Å². The minimum atomic E-state index is -1.55. The fourth-order valence-electron chi connectivity index (χ4n) is 0.725. The van der Waals surface area contributed by atoms with Gasteiger partial charge in [-0.25, -0.2) is 0 Å². The summed E-state index contributed by atoms with van der Waals surface area (Å²) in [6, 6.07) is 0. The molecule has 0 fully saturated rings. The fourth-order valence-corrected chi connectivity index (χ4v) is 1.45. The minimum Gasteiger partial charge on any atom is -0.313 e. The van der Waals surface area contributed by atoms with E-state index in [1.165, 1.54) is 0 Å². The lowest BCUT2D eigenvalue weighted by Gasteiger charge is -2.09. The van der Waals surface area contributed by atoms with Gasteiger partial charge in [-0.1, -0.05) is 34.8 Å². The molecule has 7 heteroatoms. The van der Waals surface area contributed by atoms with Crippen molar-refractivity contribution in [1.29, 1.82) is 0 Å². The maximum atomic E-state index is 5.60. The first-order chi connectivity index (χ1) is 5.46. The predicted molar refractivity (Wildman–Crippen MR) is 49.8 cm³/mol. The molecule has 0 aliphatic rings. The summed E-state index contributed by atoms with van der Waals surface area (Å²) < 4.78 is 0.00601. The van der Waals surface area contributed by atoms with Crippen molar-refractivity contribution in [3.8, 4) is 0 Å². The van der Waals surface area contributed by atoms with E-state index in [0.29, 0.717) is 5.82 Å². The van der Waals surface area contributed by atoms with Gasteiger partial charge in [0.05, 0.1) is 5.88 Å². The van der Waals surface area contributed by atoms with Gasteiger partial charge in [0, 0.05) is 7.05 Å². The number of nitrogens with zero attached hydrogens (tertiary/aromatic N) is 3. The Morgan fingerprint density at radius 1 is 1.33 bits per heavy atom. The summed E-state index contributed by atoms with van der Waals surface area (Å²) in [5, 5.41) is 7.42. The first-order valence-electron chi connectivity index (χ1n) is 2.98. The number of alkyl halides is 4. The van der Waals surface area contributed by atoms with Crippen LogP contribution in [0.15, 0.2) is 0 Å². The first kappa shape index (κ1) is 10.4. The number of halogens is 4. The van der Waals surface area contributed by atoms with E-state index >= 15 is 0 Å². The highest BCUT2D eigenvalue weighted by atomic mass is 35.6. The van der Waals surface area contributed by atoms with Crippen molar-refractivity contribution in [2.75, 3.05) is 0 Å². The van der Waals surface area contributed by atoms with Crippen molar-refractivity contribution in [2.24, 2.45) is 7.05 Å². The topological polar surface area (TPSA) is 30.7 Å². The molecule has 0 spiro atoms. The molecule has 0 aromatic carbocycles. The highest BCUT2D eigenvalue weighted by Gasteiger charge is 2.29. The maximum absolute atomic E-state index is 5.60. The summed E-state index contributed by atoms with van der Waals surface area (Å²) in [5.41, 5.74) is 0. The summed E-state index contributed by atoms with van der Waals surface area (Å²) in [6.45, 7) is 0. The highest BCUT2D eigenvalue weighted by molar-refractivity contribution is 6.66. The van der Waals surface area contributed by atoms with Gasteiger partial charge in [0.2, 0.25) is 3.79 Å². The Balaban J connectivity index is 3.11. The molecule has 0 saturated carbocycles. The Kier molecular flexibility index (Phi) is 3.10. The molecule has 1 rings (SSSR count). The van der Waals surface area contributed by atoms with Crippen molar-refractivity contribution < 1.29 is 0 Å². The van der Waals surface area contributed by atoms with Gasteiger partial charge < -0.3 is 4.57 Å². The van der Waals surface area contributed by atoms with E-state index in [4.69, 9.17) is 46.4 Å². The second-order valence-corrected chi connectivity index (χ2v) is 4.68. The Morgan fingerprint density at radius 2 is 1.92 bits per heavy atom. The van der Waals surface area contributed by atoms with Gasteiger partial charge in [0.1, 0.15) is 5.82 Å². The third kappa shape index (κ3) is 1.96. The summed E-state index contributed by atoms with van der Waals surface area (Å²) in [5.74, 6) is 1.07. The molecule has 1 heterocycles. The standard InChI is InChI=1S/C5H5Cl4N3/c1-12-3(2-6)10-11-4(12)5(7,8)9/h2H2,1H3. The van der Waals surface area contributed by atoms with Crippen LogP contribution in [-0.4, -0.2) is 14.8 Å². The lowest BCUT2D eigenvalue weighted by atomic mass is 10.6. The molecule has 3 nitrogen and oxygen atoms in total. The van der Waals surface area contributed by atoms with Gasteiger partial charge >= 0.3 is 0 Å². The Bertz CT molecular complexity index is 277. The summed E-state index contributed by atoms with van der Waals surface area (Å²) in [4.78, 5) is 0. The number of hydrogen-bond donors (Lipinski definition) is 0. The van der Waals surface area contributed by atoms with Crippen LogP contribution in [0.5, 0.6) is 0 Å². The monoisotopic (exact) mass is 247 g/mol. The third-order valence-corrected chi connectivity index (χ3v) is 2.08. The summed E-state index contributed by atoms with van der Waals surface area (Å²) in [6.07, 6.45) is 0. The molecule has 0 aliphatic heterocycles. The molecule has 0 unspecified atom stereocenters. The maximum Gasteiger partial charge on any atom is 0.250 e. The SMILES string of the molecule is Cn1c(CCl)nnc1C(Cl)(Cl)Cl. The van der Waals surface area contributed by atoms with Crippen LogP contribution in [0.1, 0.15) is 11.6 Å². The molecule has 0 amide bonds. The first-order valence-corrected chi connectivity index (χ1v) is 4.65. The van der Waals surface area contributed by atoms with Crippen molar-refractivity contribution in [3.05, 3.63) is 11.6 Å². The molecule has 1 aromatic rings. The molecular weight excluding hydrogens is 244 g/mol. The average Bonchev–Trinajstić information content (AvgIpc) is 2.29. The lowest BCUT2D eigenvalue weighted by Crippen LogP contribution is -2.10. The Morgan fingerprint density at radius 3 is 2.17 bits per heavy atom. The van der Waals surface area contributed by atoms with Crippen LogP contribution in [0.25, 0.3) is 0 Å². The van der Waals surface area contributed by atoms with Crippen molar-refractivity contribution in [3.63, 3.8) is 0 Å². The van der Waals surface area contributed by atoms with E-state index in [1.54, 1.807) is 11.6 Å². The number of aromatic nitrogens is 3. The van der Waals surface area contributed by atoms with Crippen LogP contribution < -0.4 is 0 Å². The highest BCUT2D eigenvalue weighted by Crippen LogP contribution is 2.36. The molecule has 12 heavy (non-hydrogen) atoms. The van der Waals surface area contributed by atoms with Crippen LogP contribution in [0, 0.1) is 0 Å². The van der Waals surface area contributed by atoms with Crippen LogP contribution in [0.3, 0.4) is 0 Å². The molecule has 0 bridgehead atoms. The zero-order chi connectivity index (χ0) is 9.35. The molecule has 0 saturated heterocycles. The van der Waals surface area contributed by atoms with E-state index < -0.39 is 3.79 Å². The molecule has 0 atom stereocenters. The Hall–Kier alpha value is 0.300. The minimum absolute atomic E-state index is 0.240. The van der Waals surface area contributed by atoms with Gasteiger partial charge in [-0.15, -0.1) is 21.8 Å². The van der Waals surface area contributed by atoms with E-state index in [-0.39, 0.29) is 11.7 Å². The number of rotatable bonds is 1. The quantitative estimate of drug-likeness (QED) is 0.715. The van der Waals surface area contributed by atoms with E-state index in [2.05, 4.69) is 10.2 Å². The molecule has 0 aliphatic carbocycles. The van der Waals surface area contributed by atoms with Crippen LogP contribution >= 0.6 is 46.4 Å². The molecule has 0 N–H and O–H groups in total. The second kappa shape index (κ2) is 3.58. The lowest BCUT2D eigenvalue weighted by molar-refractivity contribution is 0.787. The molecule has 68 valence electrons. The van der Waals surface area contributed by atoms with Gasteiger partial charge in [-0.2, -0.15) is 0 Å². The van der Waals surface area contributed by atoms with E-state index in [9.17, 15) is 0 Å². The zero-order valence-corrected chi connectivity index (χ0v) is 9.08. The number of hydrogen-bond acceptors (Lipinski definition) is 2. The zero-order valence-electron chi connectivity index (χ0n) is 6.06. The fraction of sp³-hybridized carbons (Fsp3) is 0.600. The molecular formula is C5H5Cl4N3. The largest absolute Gasteiger partial charge is 0.313 e. The van der Waals surface area contributed by atoms with E-state index in [1.807, 2.05) is 0 Å². The van der Waals surface area contributed by atoms with Crippen molar-refractivity contribution in [1.82, 2.24) is 14.8 Å². The van der Waals surface area contributed by atoms with Crippen molar-refractivity contribution in [2.45, 2.75) is 9.67 Å². The summed E-state index contributed by atoms with van der Waals surface area (Å²) >= 11 is 22.3. The van der Waals surface area contributed by atoms with E-state index in [0.717, 1.165) is 0 Å². The summed E-state index contributed by atoms with van der Waals surface area (Å²) in [7, 11) is 1.69. The normalized spacial score (nSPS) is 12.1. The molecule has 0 radical (unpaired) electrons. The second-order valence-electron chi connectivity index (χ2n) is 2.13. The third-order valence-electron chi connectivity index (χ3n) is 1.34. The van der Waals surface area contributed by atoms with Crippen LogP contribution in [-0.2, 0) is 16.7 Å². The van der Waals surface area contributed by atoms with Crippen molar-refractivity contribution >= 4 is 46.4 Å². The van der Waals surface area contributed by atoms with Gasteiger partial charge in [-0.05, 0) is 0 Å².